The lowest BCUT2D eigenvalue weighted by Crippen LogP contribution is -2.08. The monoisotopic (exact) mass is 426 g/mol. The molecule has 0 bridgehead atoms. The molecule has 0 fully saturated rings. The van der Waals surface area contributed by atoms with Crippen LogP contribution in [0.1, 0.15) is 34.1 Å². The minimum atomic E-state index is -2.96. The van der Waals surface area contributed by atoms with Crippen molar-refractivity contribution in [1.82, 2.24) is 9.38 Å². The van der Waals surface area contributed by atoms with E-state index < -0.39 is 12.5 Å². The molecule has 0 aliphatic heterocycles. The van der Waals surface area contributed by atoms with Gasteiger partial charge < -0.3 is 9.14 Å². The van der Waals surface area contributed by atoms with E-state index in [0.717, 1.165) is 4.47 Å². The molecule has 4 nitrogen and oxygen atoms in total. The summed E-state index contributed by atoms with van der Waals surface area (Å²) < 4.78 is 32.8. The Labute approximate surface area is 154 Å². The molecule has 128 valence electrons. The fourth-order valence-corrected chi connectivity index (χ4v) is 3.72. The van der Waals surface area contributed by atoms with Gasteiger partial charge in [0.15, 0.2) is 5.78 Å². The van der Waals surface area contributed by atoms with Crippen molar-refractivity contribution in [2.75, 3.05) is 0 Å². The maximum atomic E-state index is 12.8. The molecule has 2 aromatic heterocycles. The third-order valence-corrected chi connectivity index (χ3v) is 4.87. The van der Waals surface area contributed by atoms with Gasteiger partial charge in [0, 0.05) is 33.6 Å². The molecule has 1 aromatic carbocycles. The molecule has 25 heavy (non-hydrogen) atoms. The first-order valence-electron chi connectivity index (χ1n) is 7.39. The SMILES string of the molecule is O=C1C[C@H](c2cc(Cl)ccc2OC(F)F)c2c1nc1ccc(Br)cn21. The summed E-state index contributed by atoms with van der Waals surface area (Å²) in [5.41, 5.74) is 2.07. The summed E-state index contributed by atoms with van der Waals surface area (Å²) in [6.45, 7) is -2.96. The first-order valence-corrected chi connectivity index (χ1v) is 8.56. The number of pyridine rings is 1. The summed E-state index contributed by atoms with van der Waals surface area (Å²) in [6.07, 6.45) is 1.93. The first kappa shape index (κ1) is 16.5. The van der Waals surface area contributed by atoms with Crippen molar-refractivity contribution >= 4 is 39.0 Å². The number of carbonyl (C=O) groups is 1. The Morgan fingerprint density at radius 1 is 1.32 bits per heavy atom. The van der Waals surface area contributed by atoms with Gasteiger partial charge in [-0.25, -0.2) is 4.98 Å². The number of hydrogen-bond donors (Lipinski definition) is 0. The van der Waals surface area contributed by atoms with Gasteiger partial charge in [-0.3, -0.25) is 4.79 Å². The largest absolute Gasteiger partial charge is 0.435 e. The Morgan fingerprint density at radius 3 is 2.88 bits per heavy atom. The average molecular weight is 428 g/mol. The Kier molecular flexibility index (Phi) is 4.00. The minimum Gasteiger partial charge on any atom is -0.435 e. The molecule has 1 aliphatic carbocycles. The number of imidazole rings is 1. The molecular formula is C17H10BrClF2N2O2. The molecule has 0 radical (unpaired) electrons. The van der Waals surface area contributed by atoms with Crippen molar-refractivity contribution in [3.05, 3.63) is 63.0 Å². The highest BCUT2D eigenvalue weighted by Gasteiger charge is 2.37. The van der Waals surface area contributed by atoms with Crippen LogP contribution in [0.4, 0.5) is 8.78 Å². The lowest BCUT2D eigenvalue weighted by molar-refractivity contribution is -0.0505. The zero-order valence-corrected chi connectivity index (χ0v) is 14.9. The van der Waals surface area contributed by atoms with Crippen LogP contribution in [0.25, 0.3) is 5.65 Å². The molecule has 0 N–H and O–H groups in total. The van der Waals surface area contributed by atoms with Crippen molar-refractivity contribution in [2.45, 2.75) is 19.0 Å². The van der Waals surface area contributed by atoms with Gasteiger partial charge in [0.2, 0.25) is 0 Å². The standard InChI is InChI=1S/C17H10BrClF2N2O2/c18-8-1-4-14-22-15-12(24)6-11(16(15)23(14)7-8)10-5-9(19)2-3-13(10)25-17(20)21/h1-5,7,11,17H,6H2/t11-/m1/s1. The van der Waals surface area contributed by atoms with Crippen LogP contribution in [0, 0.1) is 0 Å². The fourth-order valence-electron chi connectivity index (χ4n) is 3.21. The number of rotatable bonds is 3. The number of alkyl halides is 2. The quantitative estimate of drug-likeness (QED) is 0.586. The second-order valence-electron chi connectivity index (χ2n) is 5.66. The Morgan fingerprint density at radius 2 is 2.12 bits per heavy atom. The summed E-state index contributed by atoms with van der Waals surface area (Å²) in [5.74, 6) is -0.586. The predicted octanol–water partition coefficient (Wildman–Crippen LogP) is 5.07. The maximum absolute atomic E-state index is 12.8. The summed E-state index contributed by atoms with van der Waals surface area (Å²) in [4.78, 5) is 16.8. The van der Waals surface area contributed by atoms with Gasteiger partial charge in [-0.05, 0) is 46.3 Å². The highest BCUT2D eigenvalue weighted by molar-refractivity contribution is 9.10. The topological polar surface area (TPSA) is 43.6 Å². The first-order chi connectivity index (χ1) is 11.9. The molecule has 2 heterocycles. The molecule has 1 atom stereocenters. The van der Waals surface area contributed by atoms with Crippen molar-refractivity contribution < 1.29 is 18.3 Å². The van der Waals surface area contributed by atoms with E-state index in [9.17, 15) is 13.6 Å². The van der Waals surface area contributed by atoms with E-state index in [1.54, 1.807) is 22.7 Å². The summed E-state index contributed by atoms with van der Waals surface area (Å²) >= 11 is 9.45. The molecule has 3 aromatic rings. The van der Waals surface area contributed by atoms with Crippen molar-refractivity contribution in [3.63, 3.8) is 0 Å². The maximum Gasteiger partial charge on any atom is 0.387 e. The molecule has 0 unspecified atom stereocenters. The van der Waals surface area contributed by atoms with Crippen LogP contribution in [0.2, 0.25) is 5.02 Å². The molecule has 0 spiro atoms. The molecule has 0 saturated carbocycles. The van der Waals surface area contributed by atoms with E-state index >= 15 is 0 Å². The number of hydrogen-bond acceptors (Lipinski definition) is 3. The van der Waals surface area contributed by atoms with E-state index in [-0.39, 0.29) is 18.0 Å². The number of carbonyl (C=O) groups excluding carboxylic acids is 1. The zero-order chi connectivity index (χ0) is 17.7. The Balaban J connectivity index is 1.93. The summed E-state index contributed by atoms with van der Waals surface area (Å²) in [6, 6.07) is 8.03. The van der Waals surface area contributed by atoms with E-state index in [1.165, 1.54) is 12.1 Å². The van der Waals surface area contributed by atoms with Crippen LogP contribution in [0.5, 0.6) is 5.75 Å². The fraction of sp³-hybridized carbons (Fsp3) is 0.176. The molecular weight excluding hydrogens is 418 g/mol. The van der Waals surface area contributed by atoms with Crippen molar-refractivity contribution in [3.8, 4) is 5.75 Å². The van der Waals surface area contributed by atoms with E-state index in [0.29, 0.717) is 27.6 Å². The second-order valence-corrected chi connectivity index (χ2v) is 7.01. The van der Waals surface area contributed by atoms with E-state index in [4.69, 9.17) is 11.6 Å². The molecule has 4 rings (SSSR count). The number of aromatic nitrogens is 2. The van der Waals surface area contributed by atoms with Gasteiger partial charge in [-0.15, -0.1) is 0 Å². The lowest BCUT2D eigenvalue weighted by atomic mass is 9.95. The van der Waals surface area contributed by atoms with Crippen molar-refractivity contribution in [1.29, 1.82) is 0 Å². The third-order valence-electron chi connectivity index (χ3n) is 4.17. The van der Waals surface area contributed by atoms with E-state index in [2.05, 4.69) is 25.7 Å². The Bertz CT molecular complexity index is 1010. The number of ether oxygens (including phenoxy) is 1. The van der Waals surface area contributed by atoms with Gasteiger partial charge in [-0.2, -0.15) is 8.78 Å². The number of Topliss-reactive ketones (excluding diaryl/α,β-unsaturated/α-hetero) is 1. The van der Waals surface area contributed by atoms with Crippen LogP contribution in [0.3, 0.4) is 0 Å². The van der Waals surface area contributed by atoms with Crippen LogP contribution in [-0.2, 0) is 0 Å². The van der Waals surface area contributed by atoms with Crippen LogP contribution in [-0.4, -0.2) is 21.8 Å². The van der Waals surface area contributed by atoms with Crippen molar-refractivity contribution in [2.24, 2.45) is 0 Å². The zero-order valence-electron chi connectivity index (χ0n) is 12.5. The van der Waals surface area contributed by atoms with Gasteiger partial charge in [0.1, 0.15) is 17.1 Å². The number of ketones is 1. The second kappa shape index (κ2) is 6.07. The average Bonchev–Trinajstić information content (AvgIpc) is 3.07. The van der Waals surface area contributed by atoms with Gasteiger partial charge >= 0.3 is 6.61 Å². The molecule has 0 saturated heterocycles. The van der Waals surface area contributed by atoms with Gasteiger partial charge in [0.25, 0.3) is 0 Å². The van der Waals surface area contributed by atoms with Crippen LogP contribution in [0.15, 0.2) is 41.0 Å². The highest BCUT2D eigenvalue weighted by atomic mass is 79.9. The van der Waals surface area contributed by atoms with Gasteiger partial charge in [0.05, 0.1) is 5.69 Å². The lowest BCUT2D eigenvalue weighted by Gasteiger charge is -2.17. The minimum absolute atomic E-state index is 0.00926. The van der Waals surface area contributed by atoms with Gasteiger partial charge in [-0.1, -0.05) is 11.6 Å². The molecule has 0 amide bonds. The smallest absolute Gasteiger partial charge is 0.387 e. The number of halogens is 4. The molecule has 8 heteroatoms. The predicted molar refractivity (Wildman–Crippen MR) is 91.8 cm³/mol. The number of benzene rings is 1. The number of nitrogens with zero attached hydrogens (tertiary/aromatic N) is 2. The Hall–Kier alpha value is -1.99. The van der Waals surface area contributed by atoms with Crippen LogP contribution >= 0.6 is 27.5 Å². The summed E-state index contributed by atoms with van der Waals surface area (Å²) in [5, 5.41) is 0.382. The highest BCUT2D eigenvalue weighted by Crippen LogP contribution is 2.43. The summed E-state index contributed by atoms with van der Waals surface area (Å²) in [7, 11) is 0. The molecule has 1 aliphatic rings. The van der Waals surface area contributed by atoms with Crippen LogP contribution < -0.4 is 4.74 Å². The normalized spacial score (nSPS) is 16.7. The number of fused-ring (bicyclic) bond motifs is 3. The third kappa shape index (κ3) is 2.81. The van der Waals surface area contributed by atoms with E-state index in [1.807, 2.05) is 6.07 Å².